The van der Waals surface area contributed by atoms with Gasteiger partial charge >= 0.3 is 0 Å². The maximum absolute atomic E-state index is 11.1. The van der Waals surface area contributed by atoms with Crippen LogP contribution in [0.4, 0.5) is 0 Å². The fourth-order valence-electron chi connectivity index (χ4n) is 1.38. The molecule has 6 heteroatoms. The Morgan fingerprint density at radius 2 is 2.19 bits per heavy atom. The first kappa shape index (κ1) is 10.3. The van der Waals surface area contributed by atoms with Crippen LogP contribution in [0.2, 0.25) is 0 Å². The number of hydroxylamine groups is 1. The molecule has 0 aliphatic carbocycles. The first-order valence-corrected chi connectivity index (χ1v) is 4.57. The summed E-state index contributed by atoms with van der Waals surface area (Å²) < 4.78 is 0. The highest BCUT2D eigenvalue weighted by Gasteiger charge is 2.09. The van der Waals surface area contributed by atoms with Crippen LogP contribution in [0.15, 0.2) is 18.2 Å². The Kier molecular flexibility index (Phi) is 2.41. The van der Waals surface area contributed by atoms with Gasteiger partial charge < -0.3 is 4.98 Å². The molecule has 0 fully saturated rings. The maximum atomic E-state index is 11.1. The summed E-state index contributed by atoms with van der Waals surface area (Å²) in [5.41, 5.74) is 2.99. The van der Waals surface area contributed by atoms with Gasteiger partial charge in [0.15, 0.2) is 11.6 Å². The molecule has 2 rings (SSSR count). The van der Waals surface area contributed by atoms with Crippen LogP contribution < -0.4 is 5.48 Å². The third-order valence-electron chi connectivity index (χ3n) is 2.18. The highest BCUT2D eigenvalue weighted by atomic mass is 16.5. The number of Topliss-reactive ketones (excluding diaryl/α,β-unsaturated/α-hetero) is 1. The lowest BCUT2D eigenvalue weighted by Crippen LogP contribution is -2.18. The SMILES string of the molecule is CC(=O)c1nc2ccc(C(=O)NO)cc2[nH]1. The number of rotatable bonds is 2. The monoisotopic (exact) mass is 219 g/mol. The number of fused-ring (bicyclic) bond motifs is 1. The molecule has 0 atom stereocenters. The quantitative estimate of drug-likeness (QED) is 0.397. The zero-order valence-corrected chi connectivity index (χ0v) is 8.44. The molecule has 0 bridgehead atoms. The van der Waals surface area contributed by atoms with Gasteiger partial charge in [-0.25, -0.2) is 10.5 Å². The van der Waals surface area contributed by atoms with E-state index >= 15 is 0 Å². The molecular formula is C10H9N3O3. The van der Waals surface area contributed by atoms with Gasteiger partial charge in [-0.05, 0) is 18.2 Å². The number of H-pyrrole nitrogens is 1. The van der Waals surface area contributed by atoms with E-state index in [-0.39, 0.29) is 17.2 Å². The summed E-state index contributed by atoms with van der Waals surface area (Å²) in [6.07, 6.45) is 0. The van der Waals surface area contributed by atoms with Crippen molar-refractivity contribution < 1.29 is 14.8 Å². The third kappa shape index (κ3) is 1.66. The Morgan fingerprint density at radius 1 is 1.44 bits per heavy atom. The van der Waals surface area contributed by atoms with Gasteiger partial charge in [-0.3, -0.25) is 14.8 Å². The van der Waals surface area contributed by atoms with Crippen molar-refractivity contribution in [1.82, 2.24) is 15.4 Å². The minimum Gasteiger partial charge on any atom is -0.335 e. The second-order valence-electron chi connectivity index (χ2n) is 3.31. The molecule has 1 amide bonds. The van der Waals surface area contributed by atoms with Crippen LogP contribution in [0.1, 0.15) is 27.9 Å². The summed E-state index contributed by atoms with van der Waals surface area (Å²) in [5, 5.41) is 8.47. The highest BCUT2D eigenvalue weighted by molar-refractivity contribution is 5.98. The van der Waals surface area contributed by atoms with Crippen molar-refractivity contribution in [3.63, 3.8) is 0 Å². The molecule has 0 aliphatic rings. The molecular weight excluding hydrogens is 210 g/mol. The van der Waals surface area contributed by atoms with Gasteiger partial charge in [-0.15, -0.1) is 0 Å². The fourth-order valence-corrected chi connectivity index (χ4v) is 1.38. The second kappa shape index (κ2) is 3.74. The standard InChI is InChI=1S/C10H9N3O3/c1-5(14)9-11-7-3-2-6(10(15)13-16)4-8(7)12-9/h2-4,16H,1H3,(H,11,12)(H,13,15). The van der Waals surface area contributed by atoms with Gasteiger partial charge in [-0.1, -0.05) is 0 Å². The third-order valence-corrected chi connectivity index (χ3v) is 2.18. The molecule has 3 N–H and O–H groups in total. The lowest BCUT2D eigenvalue weighted by molar-refractivity contribution is 0.0706. The van der Waals surface area contributed by atoms with E-state index in [4.69, 9.17) is 5.21 Å². The molecule has 0 spiro atoms. The Labute approximate surface area is 90.3 Å². The number of carbonyl (C=O) groups is 2. The van der Waals surface area contributed by atoms with Crippen LogP contribution >= 0.6 is 0 Å². The number of benzene rings is 1. The van der Waals surface area contributed by atoms with Crippen LogP contribution in [0, 0.1) is 0 Å². The number of hydrogen-bond acceptors (Lipinski definition) is 4. The summed E-state index contributed by atoms with van der Waals surface area (Å²) in [6.45, 7) is 1.40. The minimum absolute atomic E-state index is 0.177. The van der Waals surface area contributed by atoms with Crippen LogP contribution in [0.3, 0.4) is 0 Å². The average Bonchev–Trinajstić information content (AvgIpc) is 2.70. The van der Waals surface area contributed by atoms with E-state index in [1.807, 2.05) is 0 Å². The van der Waals surface area contributed by atoms with Gasteiger partial charge in [0.05, 0.1) is 11.0 Å². The smallest absolute Gasteiger partial charge is 0.274 e. The van der Waals surface area contributed by atoms with Crippen LogP contribution in [0.5, 0.6) is 0 Å². The van der Waals surface area contributed by atoms with Crippen molar-refractivity contribution in [3.05, 3.63) is 29.6 Å². The van der Waals surface area contributed by atoms with Crippen molar-refractivity contribution in [2.45, 2.75) is 6.92 Å². The van der Waals surface area contributed by atoms with Crippen molar-refractivity contribution in [3.8, 4) is 0 Å². The summed E-state index contributed by atoms with van der Waals surface area (Å²) in [5.74, 6) is -0.540. The molecule has 0 unspecified atom stereocenters. The number of aromatic amines is 1. The number of hydrogen-bond donors (Lipinski definition) is 3. The van der Waals surface area contributed by atoms with Gasteiger partial charge in [-0.2, -0.15) is 0 Å². The maximum Gasteiger partial charge on any atom is 0.274 e. The predicted molar refractivity (Wildman–Crippen MR) is 55.4 cm³/mol. The van der Waals surface area contributed by atoms with Gasteiger partial charge in [0.2, 0.25) is 0 Å². The molecule has 1 aromatic carbocycles. The summed E-state index contributed by atoms with van der Waals surface area (Å²) in [7, 11) is 0. The van der Waals surface area contributed by atoms with E-state index in [9.17, 15) is 9.59 Å². The Balaban J connectivity index is 2.53. The molecule has 1 aromatic heterocycles. The largest absolute Gasteiger partial charge is 0.335 e. The summed E-state index contributed by atoms with van der Waals surface area (Å²) >= 11 is 0. The topological polar surface area (TPSA) is 95.1 Å². The van der Waals surface area contributed by atoms with Crippen molar-refractivity contribution in [2.24, 2.45) is 0 Å². The number of carbonyl (C=O) groups excluding carboxylic acids is 2. The number of imidazole rings is 1. The van der Waals surface area contributed by atoms with Crippen molar-refractivity contribution in [2.75, 3.05) is 0 Å². The van der Waals surface area contributed by atoms with Crippen LogP contribution in [0.25, 0.3) is 11.0 Å². The lowest BCUT2D eigenvalue weighted by atomic mass is 10.2. The molecule has 1 heterocycles. The van der Waals surface area contributed by atoms with E-state index in [1.165, 1.54) is 24.5 Å². The van der Waals surface area contributed by atoms with E-state index in [2.05, 4.69) is 9.97 Å². The van der Waals surface area contributed by atoms with E-state index < -0.39 is 5.91 Å². The minimum atomic E-state index is -0.610. The van der Waals surface area contributed by atoms with Gasteiger partial charge in [0.25, 0.3) is 5.91 Å². The molecule has 0 saturated carbocycles. The van der Waals surface area contributed by atoms with E-state index in [0.29, 0.717) is 11.0 Å². The molecule has 0 saturated heterocycles. The summed E-state index contributed by atoms with van der Waals surface area (Å²) in [6, 6.07) is 4.63. The van der Waals surface area contributed by atoms with Crippen LogP contribution in [-0.4, -0.2) is 26.9 Å². The number of amides is 1. The second-order valence-corrected chi connectivity index (χ2v) is 3.31. The number of nitrogens with one attached hydrogen (secondary N) is 2. The summed E-state index contributed by atoms with van der Waals surface area (Å²) in [4.78, 5) is 29.0. The predicted octanol–water partition coefficient (Wildman–Crippen LogP) is 0.884. The molecule has 6 nitrogen and oxygen atoms in total. The molecule has 82 valence electrons. The van der Waals surface area contributed by atoms with E-state index in [1.54, 1.807) is 6.07 Å². The van der Waals surface area contributed by atoms with Gasteiger partial charge in [0, 0.05) is 12.5 Å². The zero-order valence-electron chi connectivity index (χ0n) is 8.44. The molecule has 16 heavy (non-hydrogen) atoms. The normalized spacial score (nSPS) is 10.4. The average molecular weight is 219 g/mol. The molecule has 0 aliphatic heterocycles. The highest BCUT2D eigenvalue weighted by Crippen LogP contribution is 2.14. The van der Waals surface area contributed by atoms with Gasteiger partial charge in [0.1, 0.15) is 0 Å². The first-order chi connectivity index (χ1) is 7.61. The molecule has 2 aromatic rings. The Bertz CT molecular complexity index is 574. The van der Waals surface area contributed by atoms with Crippen molar-refractivity contribution in [1.29, 1.82) is 0 Å². The Hall–Kier alpha value is -2.21. The van der Waals surface area contributed by atoms with Crippen LogP contribution in [-0.2, 0) is 0 Å². The Morgan fingerprint density at radius 3 is 2.81 bits per heavy atom. The number of nitrogens with zero attached hydrogens (tertiary/aromatic N) is 1. The number of aromatic nitrogens is 2. The van der Waals surface area contributed by atoms with Crippen molar-refractivity contribution >= 4 is 22.7 Å². The zero-order chi connectivity index (χ0) is 11.7. The van der Waals surface area contributed by atoms with E-state index in [0.717, 1.165) is 0 Å². The first-order valence-electron chi connectivity index (χ1n) is 4.57. The fraction of sp³-hybridized carbons (Fsp3) is 0.100. The number of ketones is 1. The lowest BCUT2D eigenvalue weighted by Gasteiger charge is -1.97. The molecule has 0 radical (unpaired) electrons.